The summed E-state index contributed by atoms with van der Waals surface area (Å²) in [7, 11) is 0. The largest absolute Gasteiger partial charge is 0.454 e. The lowest BCUT2D eigenvalue weighted by Crippen LogP contribution is -2.03. The van der Waals surface area contributed by atoms with Crippen LogP contribution in [-0.4, -0.2) is 9.13 Å². The summed E-state index contributed by atoms with van der Waals surface area (Å²) >= 11 is 0. The molecule has 0 atom stereocenters. The Balaban J connectivity index is 1.30. The molecule has 0 unspecified atom stereocenters. The van der Waals surface area contributed by atoms with Gasteiger partial charge in [0.15, 0.2) is 11.2 Å². The second-order valence-corrected chi connectivity index (χ2v) is 14.2. The molecule has 0 bridgehead atoms. The summed E-state index contributed by atoms with van der Waals surface area (Å²) in [4.78, 5) is 4.35. The first-order chi connectivity index (χ1) is 27.6. The summed E-state index contributed by atoms with van der Waals surface area (Å²) in [5, 5.41) is 7.69. The van der Waals surface area contributed by atoms with Crippen LogP contribution in [0.3, 0.4) is 0 Å². The Morgan fingerprint density at radius 2 is 0.946 bits per heavy atom. The molecule has 0 spiro atoms. The molecule has 0 amide bonds. The molecule has 4 aromatic heterocycles. The van der Waals surface area contributed by atoms with Crippen LogP contribution in [0, 0.1) is 18.2 Å². The molecule has 0 radical (unpaired) electrons. The molecule has 56 heavy (non-hydrogen) atoms. The molecule has 8 aromatic carbocycles. The van der Waals surface area contributed by atoms with Gasteiger partial charge in [-0.3, -0.25) is 0 Å². The molecule has 4 heterocycles. The maximum Gasteiger partial charge on any atom is 0.234 e. The van der Waals surface area contributed by atoms with E-state index in [0.717, 1.165) is 82.4 Å². The standard InChI is InChI=1S/C49H25F2N3O2/c1-52-44-41(53-39-14-6-2-10-31(39)35-18-20-37-33-12-4-8-16-42(33)55-48(37)46(35)53)23-22-30(27-24-28(50)26-29(51)25-27)45(44)54-40-15-7-3-11-32(40)36-19-21-38-34-13-5-9-17-43(34)56-49(38)47(36)54/h2-26H. The van der Waals surface area contributed by atoms with Crippen LogP contribution in [0.15, 0.2) is 160 Å². The molecule has 0 aliphatic rings. The zero-order valence-electron chi connectivity index (χ0n) is 29.3. The Labute approximate surface area is 316 Å². The first-order valence-corrected chi connectivity index (χ1v) is 18.3. The van der Waals surface area contributed by atoms with Gasteiger partial charge in [0, 0.05) is 49.2 Å². The Hall–Kier alpha value is -7.69. The fourth-order valence-corrected chi connectivity index (χ4v) is 8.97. The van der Waals surface area contributed by atoms with Crippen LogP contribution in [0.1, 0.15) is 0 Å². The number of hydrogen-bond donors (Lipinski definition) is 0. The third-order valence-corrected chi connectivity index (χ3v) is 11.2. The molecule has 12 rings (SSSR count). The van der Waals surface area contributed by atoms with E-state index in [1.54, 1.807) is 0 Å². The van der Waals surface area contributed by atoms with Crippen molar-refractivity contribution < 1.29 is 17.6 Å². The van der Waals surface area contributed by atoms with E-state index in [1.165, 1.54) is 12.1 Å². The van der Waals surface area contributed by atoms with Crippen molar-refractivity contribution in [3.8, 4) is 22.5 Å². The van der Waals surface area contributed by atoms with Gasteiger partial charge in [-0.2, -0.15) is 0 Å². The number of fused-ring (bicyclic) bond motifs is 14. The summed E-state index contributed by atoms with van der Waals surface area (Å²) in [5.41, 5.74) is 8.29. The van der Waals surface area contributed by atoms with E-state index in [0.29, 0.717) is 39.4 Å². The van der Waals surface area contributed by atoms with Gasteiger partial charge in [-0.05, 0) is 65.7 Å². The number of para-hydroxylation sites is 4. The molecule has 262 valence electrons. The monoisotopic (exact) mass is 725 g/mol. The van der Waals surface area contributed by atoms with Gasteiger partial charge in [-0.1, -0.05) is 91.0 Å². The van der Waals surface area contributed by atoms with E-state index < -0.39 is 11.6 Å². The minimum atomic E-state index is -0.712. The summed E-state index contributed by atoms with van der Waals surface area (Å²) in [6, 6.07) is 47.6. The van der Waals surface area contributed by atoms with Crippen LogP contribution >= 0.6 is 0 Å². The fraction of sp³-hybridized carbons (Fsp3) is 0. The van der Waals surface area contributed by atoms with Crippen molar-refractivity contribution in [3.63, 3.8) is 0 Å². The van der Waals surface area contributed by atoms with Gasteiger partial charge in [0.2, 0.25) is 5.69 Å². The average Bonchev–Trinajstić information content (AvgIpc) is 3.97. The van der Waals surface area contributed by atoms with Crippen LogP contribution in [0.4, 0.5) is 14.5 Å². The first kappa shape index (κ1) is 30.7. The SMILES string of the molecule is [C-]#[N+]c1c(-n2c3ccccc3c3ccc4c5ccccc5oc4c32)ccc(-c2cc(F)cc(F)c2)c1-n1c2ccccc2c2ccc3c4ccccc4oc3c21. The highest BCUT2D eigenvalue weighted by Gasteiger charge is 2.27. The molecule has 0 N–H and O–H groups in total. The molecule has 0 saturated carbocycles. The molecule has 0 saturated heterocycles. The molecule has 5 nitrogen and oxygen atoms in total. The van der Waals surface area contributed by atoms with Crippen molar-refractivity contribution >= 4 is 93.2 Å². The second kappa shape index (κ2) is 11.2. The first-order valence-electron chi connectivity index (χ1n) is 18.3. The predicted molar refractivity (Wildman–Crippen MR) is 221 cm³/mol. The number of nitrogens with zero attached hydrogens (tertiary/aromatic N) is 3. The lowest BCUT2D eigenvalue weighted by molar-refractivity contribution is 0.584. The predicted octanol–water partition coefficient (Wildman–Crippen LogP) is 14.2. The lowest BCUT2D eigenvalue weighted by Gasteiger charge is -2.20. The third-order valence-electron chi connectivity index (χ3n) is 11.2. The van der Waals surface area contributed by atoms with Crippen molar-refractivity contribution in [1.29, 1.82) is 0 Å². The number of hydrogen-bond acceptors (Lipinski definition) is 2. The van der Waals surface area contributed by atoms with Crippen LogP contribution in [-0.2, 0) is 0 Å². The molecule has 0 aliphatic carbocycles. The number of halogens is 2. The topological polar surface area (TPSA) is 40.5 Å². The van der Waals surface area contributed by atoms with Crippen molar-refractivity contribution in [1.82, 2.24) is 9.13 Å². The summed E-state index contributed by atoms with van der Waals surface area (Å²) in [6.07, 6.45) is 0. The van der Waals surface area contributed by atoms with Crippen LogP contribution in [0.5, 0.6) is 0 Å². The fourth-order valence-electron chi connectivity index (χ4n) is 8.97. The number of rotatable bonds is 3. The lowest BCUT2D eigenvalue weighted by atomic mass is 10.00. The molecular weight excluding hydrogens is 701 g/mol. The third kappa shape index (κ3) is 4.05. The van der Waals surface area contributed by atoms with E-state index in [1.807, 2.05) is 91.0 Å². The van der Waals surface area contributed by atoms with Crippen molar-refractivity contribution in [2.45, 2.75) is 0 Å². The van der Waals surface area contributed by atoms with E-state index >= 15 is 8.78 Å². The van der Waals surface area contributed by atoms with Crippen molar-refractivity contribution in [2.24, 2.45) is 0 Å². The maximum absolute atomic E-state index is 15.2. The van der Waals surface area contributed by atoms with Crippen LogP contribution in [0.2, 0.25) is 0 Å². The van der Waals surface area contributed by atoms with Gasteiger partial charge in [-0.25, -0.2) is 13.6 Å². The average molecular weight is 726 g/mol. The molecule has 0 aliphatic heterocycles. The Kier molecular flexibility index (Phi) is 6.13. The molecular formula is C49H25F2N3O2. The summed E-state index contributed by atoms with van der Waals surface area (Å²) in [5.74, 6) is -1.42. The van der Waals surface area contributed by atoms with Crippen molar-refractivity contribution in [2.75, 3.05) is 0 Å². The van der Waals surface area contributed by atoms with Crippen LogP contribution in [0.25, 0.3) is 115 Å². The second-order valence-electron chi connectivity index (χ2n) is 14.2. The molecule has 0 fully saturated rings. The quantitative estimate of drug-likeness (QED) is 0.170. The highest BCUT2D eigenvalue weighted by Crippen LogP contribution is 2.49. The van der Waals surface area contributed by atoms with Gasteiger partial charge in [0.05, 0.1) is 40.0 Å². The normalized spacial score (nSPS) is 12.1. The van der Waals surface area contributed by atoms with E-state index in [9.17, 15) is 0 Å². The van der Waals surface area contributed by atoms with Gasteiger partial charge in [0.25, 0.3) is 0 Å². The summed E-state index contributed by atoms with van der Waals surface area (Å²) in [6.45, 7) is 9.01. The maximum atomic E-state index is 15.2. The van der Waals surface area contributed by atoms with E-state index in [4.69, 9.17) is 15.4 Å². The smallest absolute Gasteiger partial charge is 0.234 e. The van der Waals surface area contributed by atoms with Crippen molar-refractivity contribution in [3.05, 3.63) is 175 Å². The van der Waals surface area contributed by atoms with Gasteiger partial charge < -0.3 is 18.0 Å². The highest BCUT2D eigenvalue weighted by molar-refractivity contribution is 6.24. The minimum Gasteiger partial charge on any atom is -0.454 e. The van der Waals surface area contributed by atoms with Gasteiger partial charge in [-0.15, -0.1) is 0 Å². The molecule has 12 aromatic rings. The van der Waals surface area contributed by atoms with Gasteiger partial charge >= 0.3 is 0 Å². The Morgan fingerprint density at radius 1 is 0.464 bits per heavy atom. The number of aromatic nitrogens is 2. The zero-order valence-corrected chi connectivity index (χ0v) is 29.3. The Bertz CT molecular complexity index is 3690. The summed E-state index contributed by atoms with van der Waals surface area (Å²) < 4.78 is 47.8. The van der Waals surface area contributed by atoms with Gasteiger partial charge in [0.1, 0.15) is 22.8 Å². The Morgan fingerprint density at radius 3 is 1.52 bits per heavy atom. The van der Waals surface area contributed by atoms with E-state index in [2.05, 4.69) is 56.4 Å². The molecule has 7 heteroatoms. The van der Waals surface area contributed by atoms with E-state index in [-0.39, 0.29) is 0 Å². The zero-order chi connectivity index (χ0) is 37.2. The highest BCUT2D eigenvalue weighted by atomic mass is 19.1. The number of furan rings is 2. The number of benzene rings is 8. The van der Waals surface area contributed by atoms with Crippen LogP contribution < -0.4 is 0 Å². The minimum absolute atomic E-state index is 0.290.